The van der Waals surface area contributed by atoms with Gasteiger partial charge < -0.3 is 19.8 Å². The number of nitrogens with zero attached hydrogens (tertiary/aromatic N) is 2. The summed E-state index contributed by atoms with van der Waals surface area (Å²) in [6.45, 7) is 3.94. The van der Waals surface area contributed by atoms with Gasteiger partial charge in [-0.25, -0.2) is 4.79 Å². The minimum absolute atomic E-state index is 0.0630. The highest BCUT2D eigenvalue weighted by atomic mass is 32.1. The van der Waals surface area contributed by atoms with Crippen LogP contribution in [-0.4, -0.2) is 57.8 Å². The molecule has 2 aromatic heterocycles. The molecule has 8 heteroatoms. The number of aromatic nitrogens is 2. The predicted molar refractivity (Wildman–Crippen MR) is 91.1 cm³/mol. The SMILES string of the molecule is C[C@H](Cc1cccs1)C(=O)N1CCN(C(=O)c2c[nH]c(=O)[nH]2)CC1. The molecule has 128 valence electrons. The number of carbonyl (C=O) groups is 2. The monoisotopic (exact) mass is 348 g/mol. The zero-order valence-electron chi connectivity index (χ0n) is 13.4. The van der Waals surface area contributed by atoms with Crippen LogP contribution in [0.25, 0.3) is 0 Å². The zero-order valence-corrected chi connectivity index (χ0v) is 14.3. The maximum Gasteiger partial charge on any atom is 0.323 e. The van der Waals surface area contributed by atoms with Crippen molar-refractivity contribution >= 4 is 23.2 Å². The van der Waals surface area contributed by atoms with Crippen LogP contribution < -0.4 is 5.69 Å². The van der Waals surface area contributed by atoms with Gasteiger partial charge in [0.1, 0.15) is 5.69 Å². The van der Waals surface area contributed by atoms with Gasteiger partial charge in [-0.1, -0.05) is 13.0 Å². The van der Waals surface area contributed by atoms with Crippen LogP contribution in [-0.2, 0) is 11.2 Å². The number of nitrogens with one attached hydrogen (secondary N) is 2. The molecule has 2 amide bonds. The molecule has 1 saturated heterocycles. The van der Waals surface area contributed by atoms with Crippen molar-refractivity contribution in [1.82, 2.24) is 19.8 Å². The van der Waals surface area contributed by atoms with Gasteiger partial charge in [0, 0.05) is 43.2 Å². The third-order valence-electron chi connectivity index (χ3n) is 4.21. The maximum atomic E-state index is 12.5. The van der Waals surface area contributed by atoms with Crippen LogP contribution in [0.5, 0.6) is 0 Å². The number of rotatable bonds is 4. The Bertz CT molecular complexity index is 756. The first-order valence-electron chi connectivity index (χ1n) is 7.92. The molecule has 1 aliphatic heterocycles. The molecule has 2 aromatic rings. The van der Waals surface area contributed by atoms with E-state index in [4.69, 9.17) is 0 Å². The lowest BCUT2D eigenvalue weighted by Crippen LogP contribution is -2.52. The van der Waals surface area contributed by atoms with Gasteiger partial charge in [0.2, 0.25) is 5.91 Å². The van der Waals surface area contributed by atoms with E-state index < -0.39 is 5.69 Å². The third-order valence-corrected chi connectivity index (χ3v) is 5.11. The second kappa shape index (κ2) is 7.04. The van der Waals surface area contributed by atoms with Gasteiger partial charge in [-0.15, -0.1) is 11.3 Å². The Morgan fingerprint density at radius 3 is 2.54 bits per heavy atom. The molecular weight excluding hydrogens is 328 g/mol. The average Bonchev–Trinajstić information content (AvgIpc) is 3.25. The van der Waals surface area contributed by atoms with Gasteiger partial charge >= 0.3 is 5.69 Å². The fourth-order valence-corrected chi connectivity index (χ4v) is 3.71. The first-order valence-corrected chi connectivity index (χ1v) is 8.80. The lowest BCUT2D eigenvalue weighted by Gasteiger charge is -2.35. The van der Waals surface area contributed by atoms with Crippen molar-refractivity contribution in [2.75, 3.05) is 26.2 Å². The normalized spacial score (nSPS) is 16.2. The largest absolute Gasteiger partial charge is 0.339 e. The Labute approximate surface area is 143 Å². The van der Waals surface area contributed by atoms with E-state index in [1.54, 1.807) is 16.2 Å². The van der Waals surface area contributed by atoms with Gasteiger partial charge in [-0.2, -0.15) is 0 Å². The minimum Gasteiger partial charge on any atom is -0.339 e. The fourth-order valence-electron chi connectivity index (χ4n) is 2.88. The van der Waals surface area contributed by atoms with E-state index in [1.807, 2.05) is 29.3 Å². The summed E-state index contributed by atoms with van der Waals surface area (Å²) in [6, 6.07) is 4.04. The highest BCUT2D eigenvalue weighted by molar-refractivity contribution is 7.09. The molecule has 2 N–H and O–H groups in total. The molecule has 0 spiro atoms. The van der Waals surface area contributed by atoms with Crippen molar-refractivity contribution in [3.05, 3.63) is 44.8 Å². The smallest absolute Gasteiger partial charge is 0.323 e. The number of thiophene rings is 1. The number of hydrogen-bond donors (Lipinski definition) is 2. The summed E-state index contributed by atoms with van der Waals surface area (Å²) in [5, 5.41) is 2.02. The summed E-state index contributed by atoms with van der Waals surface area (Å²) >= 11 is 1.66. The van der Waals surface area contributed by atoms with E-state index in [0.717, 1.165) is 6.42 Å². The van der Waals surface area contributed by atoms with Gasteiger partial charge in [0.15, 0.2) is 0 Å². The second-order valence-electron chi connectivity index (χ2n) is 5.96. The lowest BCUT2D eigenvalue weighted by atomic mass is 10.0. The van der Waals surface area contributed by atoms with Crippen molar-refractivity contribution in [2.45, 2.75) is 13.3 Å². The number of piperazine rings is 1. The number of imidazole rings is 1. The summed E-state index contributed by atoms with van der Waals surface area (Å²) in [5.74, 6) is -0.149. The van der Waals surface area contributed by atoms with Gasteiger partial charge in [0.05, 0.1) is 0 Å². The van der Waals surface area contributed by atoms with E-state index in [-0.39, 0.29) is 23.4 Å². The lowest BCUT2D eigenvalue weighted by molar-refractivity contribution is -0.136. The molecule has 0 saturated carbocycles. The molecule has 24 heavy (non-hydrogen) atoms. The van der Waals surface area contributed by atoms with Gasteiger partial charge in [-0.05, 0) is 17.9 Å². The first kappa shape index (κ1) is 16.5. The second-order valence-corrected chi connectivity index (χ2v) is 6.99. The fraction of sp³-hybridized carbons (Fsp3) is 0.438. The highest BCUT2D eigenvalue weighted by Gasteiger charge is 2.28. The van der Waals surface area contributed by atoms with E-state index >= 15 is 0 Å². The van der Waals surface area contributed by atoms with Crippen LogP contribution in [0.15, 0.2) is 28.5 Å². The molecule has 0 unspecified atom stereocenters. The van der Waals surface area contributed by atoms with Gasteiger partial charge in [0.25, 0.3) is 5.91 Å². The van der Waals surface area contributed by atoms with Crippen LogP contribution in [0.2, 0.25) is 0 Å². The third kappa shape index (κ3) is 3.59. The number of carbonyl (C=O) groups excluding carboxylic acids is 2. The van der Waals surface area contributed by atoms with Crippen LogP contribution in [0.3, 0.4) is 0 Å². The molecule has 3 heterocycles. The van der Waals surface area contributed by atoms with Crippen molar-refractivity contribution in [1.29, 1.82) is 0 Å². The molecule has 0 bridgehead atoms. The van der Waals surface area contributed by atoms with Crippen LogP contribution in [0.1, 0.15) is 22.3 Å². The van der Waals surface area contributed by atoms with Crippen LogP contribution in [0, 0.1) is 5.92 Å². The first-order chi connectivity index (χ1) is 11.5. The molecule has 7 nitrogen and oxygen atoms in total. The molecule has 1 fully saturated rings. The molecule has 1 atom stereocenters. The summed E-state index contributed by atoms with van der Waals surface area (Å²) in [7, 11) is 0. The van der Waals surface area contributed by atoms with E-state index in [1.165, 1.54) is 11.1 Å². The number of aromatic amines is 2. The molecular formula is C16H20N4O3S. The van der Waals surface area contributed by atoms with Crippen molar-refractivity contribution < 1.29 is 9.59 Å². The van der Waals surface area contributed by atoms with Crippen molar-refractivity contribution in [2.24, 2.45) is 5.92 Å². The zero-order chi connectivity index (χ0) is 17.1. The topological polar surface area (TPSA) is 89.3 Å². The molecule has 0 radical (unpaired) electrons. The maximum absolute atomic E-state index is 12.5. The Morgan fingerprint density at radius 1 is 1.25 bits per heavy atom. The van der Waals surface area contributed by atoms with Crippen molar-refractivity contribution in [3.8, 4) is 0 Å². The molecule has 1 aliphatic rings. The highest BCUT2D eigenvalue weighted by Crippen LogP contribution is 2.17. The van der Waals surface area contributed by atoms with E-state index in [2.05, 4.69) is 9.97 Å². The number of H-pyrrole nitrogens is 2. The quantitative estimate of drug-likeness (QED) is 0.861. The molecule has 0 aromatic carbocycles. The summed E-state index contributed by atoms with van der Waals surface area (Å²) < 4.78 is 0. The van der Waals surface area contributed by atoms with E-state index in [0.29, 0.717) is 26.2 Å². The Balaban J connectivity index is 1.53. The molecule has 3 rings (SSSR count). The van der Waals surface area contributed by atoms with Crippen LogP contribution >= 0.6 is 11.3 Å². The number of amides is 2. The molecule has 0 aliphatic carbocycles. The minimum atomic E-state index is -0.394. The number of hydrogen-bond acceptors (Lipinski definition) is 4. The summed E-state index contributed by atoms with van der Waals surface area (Å²) in [5.41, 5.74) is -0.139. The average molecular weight is 348 g/mol. The van der Waals surface area contributed by atoms with Crippen LogP contribution in [0.4, 0.5) is 0 Å². The van der Waals surface area contributed by atoms with Gasteiger partial charge in [-0.3, -0.25) is 9.59 Å². The Morgan fingerprint density at radius 2 is 1.96 bits per heavy atom. The summed E-state index contributed by atoms with van der Waals surface area (Å²) in [6.07, 6.45) is 2.13. The predicted octanol–water partition coefficient (Wildman–Crippen LogP) is 0.928. The standard InChI is InChI=1S/C16H20N4O3S/c1-11(9-12-3-2-8-24-12)14(21)19-4-6-20(7-5-19)15(22)13-10-17-16(23)18-13/h2-3,8,10-11H,4-7,9H2,1H3,(H2,17,18,23)/t11-/m1/s1. The Kier molecular flexibility index (Phi) is 4.84. The summed E-state index contributed by atoms with van der Waals surface area (Å²) in [4.78, 5) is 45.5. The van der Waals surface area contributed by atoms with Crippen molar-refractivity contribution in [3.63, 3.8) is 0 Å². The Hall–Kier alpha value is -2.35. The van der Waals surface area contributed by atoms with E-state index in [9.17, 15) is 14.4 Å².